The number of rotatable bonds is 2. The molecule has 0 atom stereocenters. The summed E-state index contributed by atoms with van der Waals surface area (Å²) in [5, 5.41) is 12.7. The molecule has 1 heterocycles. The first kappa shape index (κ1) is 13.8. The van der Waals surface area contributed by atoms with Crippen molar-refractivity contribution in [3.63, 3.8) is 0 Å². The van der Waals surface area contributed by atoms with E-state index in [-0.39, 0.29) is 0 Å². The standard InChI is InChI=1S/C13H10BrClN4/c1-7-12(15)17-8(2)18-13(7)19-11-4-3-10(14)5-9(11)6-16/h3-5H,1-2H3,(H,17,18,19). The van der Waals surface area contributed by atoms with E-state index in [1.54, 1.807) is 13.0 Å². The van der Waals surface area contributed by atoms with Gasteiger partial charge in [0, 0.05) is 10.0 Å². The zero-order valence-electron chi connectivity index (χ0n) is 10.3. The second kappa shape index (κ2) is 5.55. The summed E-state index contributed by atoms with van der Waals surface area (Å²) in [4.78, 5) is 8.37. The number of aromatic nitrogens is 2. The highest BCUT2D eigenvalue weighted by atomic mass is 79.9. The Balaban J connectivity index is 2.45. The molecule has 0 fully saturated rings. The summed E-state index contributed by atoms with van der Waals surface area (Å²) in [5.41, 5.74) is 1.96. The average molecular weight is 338 g/mol. The predicted molar refractivity (Wildman–Crippen MR) is 78.7 cm³/mol. The van der Waals surface area contributed by atoms with Crippen molar-refractivity contribution in [3.8, 4) is 6.07 Å². The van der Waals surface area contributed by atoms with E-state index in [1.807, 2.05) is 19.1 Å². The third kappa shape index (κ3) is 3.03. The summed E-state index contributed by atoms with van der Waals surface area (Å²) in [6, 6.07) is 7.55. The van der Waals surface area contributed by atoms with E-state index in [4.69, 9.17) is 16.9 Å². The van der Waals surface area contributed by atoms with Crippen molar-refractivity contribution in [2.45, 2.75) is 13.8 Å². The molecule has 1 aromatic heterocycles. The highest BCUT2D eigenvalue weighted by Crippen LogP contribution is 2.26. The Kier molecular flexibility index (Phi) is 4.03. The molecule has 0 aliphatic carbocycles. The zero-order valence-corrected chi connectivity index (χ0v) is 12.7. The van der Waals surface area contributed by atoms with Crippen LogP contribution < -0.4 is 5.32 Å². The molecule has 0 spiro atoms. The van der Waals surface area contributed by atoms with Gasteiger partial charge in [-0.05, 0) is 32.0 Å². The SMILES string of the molecule is Cc1nc(Cl)c(C)c(Nc2ccc(Br)cc2C#N)n1. The van der Waals surface area contributed by atoms with E-state index >= 15 is 0 Å². The molecule has 4 nitrogen and oxygen atoms in total. The van der Waals surface area contributed by atoms with Crippen molar-refractivity contribution in [3.05, 3.63) is 44.8 Å². The number of aryl methyl sites for hydroxylation is 1. The van der Waals surface area contributed by atoms with Gasteiger partial charge >= 0.3 is 0 Å². The van der Waals surface area contributed by atoms with Gasteiger partial charge in [0.2, 0.25) is 0 Å². The maximum absolute atomic E-state index is 9.13. The van der Waals surface area contributed by atoms with Crippen LogP contribution in [0.25, 0.3) is 0 Å². The summed E-state index contributed by atoms with van der Waals surface area (Å²) in [7, 11) is 0. The van der Waals surface area contributed by atoms with Gasteiger partial charge in [-0.2, -0.15) is 5.26 Å². The van der Waals surface area contributed by atoms with Crippen molar-refractivity contribution in [1.82, 2.24) is 9.97 Å². The maximum atomic E-state index is 9.13. The van der Waals surface area contributed by atoms with E-state index in [1.165, 1.54) is 0 Å². The van der Waals surface area contributed by atoms with Crippen molar-refractivity contribution < 1.29 is 0 Å². The van der Waals surface area contributed by atoms with Gasteiger partial charge in [0.1, 0.15) is 22.9 Å². The van der Waals surface area contributed by atoms with Crippen LogP contribution in [-0.2, 0) is 0 Å². The third-order valence-electron chi connectivity index (χ3n) is 2.55. The van der Waals surface area contributed by atoms with Crippen LogP contribution in [0.4, 0.5) is 11.5 Å². The van der Waals surface area contributed by atoms with Crippen LogP contribution in [0.15, 0.2) is 22.7 Å². The van der Waals surface area contributed by atoms with E-state index < -0.39 is 0 Å². The van der Waals surface area contributed by atoms with E-state index in [0.29, 0.717) is 28.0 Å². The molecule has 19 heavy (non-hydrogen) atoms. The lowest BCUT2D eigenvalue weighted by atomic mass is 10.2. The average Bonchev–Trinajstić information content (AvgIpc) is 2.37. The lowest BCUT2D eigenvalue weighted by Gasteiger charge is -2.11. The number of halogens is 2. The summed E-state index contributed by atoms with van der Waals surface area (Å²) in [6.45, 7) is 3.60. The van der Waals surface area contributed by atoms with Gasteiger partial charge in [0.15, 0.2) is 0 Å². The Morgan fingerprint density at radius 2 is 2.05 bits per heavy atom. The quantitative estimate of drug-likeness (QED) is 0.837. The van der Waals surface area contributed by atoms with Gasteiger partial charge in [-0.15, -0.1) is 0 Å². The minimum atomic E-state index is 0.408. The van der Waals surface area contributed by atoms with Crippen LogP contribution in [-0.4, -0.2) is 9.97 Å². The van der Waals surface area contributed by atoms with Crippen LogP contribution >= 0.6 is 27.5 Å². The number of nitrogens with zero attached hydrogens (tertiary/aromatic N) is 3. The largest absolute Gasteiger partial charge is 0.339 e. The molecule has 0 bridgehead atoms. The Labute approximate surface area is 124 Å². The molecule has 0 saturated heterocycles. The molecular weight excluding hydrogens is 328 g/mol. The minimum absolute atomic E-state index is 0.408. The molecule has 2 rings (SSSR count). The molecule has 1 N–H and O–H groups in total. The highest BCUT2D eigenvalue weighted by molar-refractivity contribution is 9.10. The fraction of sp³-hybridized carbons (Fsp3) is 0.154. The molecule has 0 aliphatic rings. The van der Waals surface area contributed by atoms with Crippen molar-refractivity contribution >= 4 is 39.0 Å². The fourth-order valence-electron chi connectivity index (χ4n) is 1.56. The topological polar surface area (TPSA) is 61.6 Å². The second-order valence-corrected chi connectivity index (χ2v) is 5.24. The molecule has 0 aliphatic heterocycles. The zero-order chi connectivity index (χ0) is 14.0. The number of hydrogen-bond acceptors (Lipinski definition) is 4. The third-order valence-corrected chi connectivity index (χ3v) is 3.41. The monoisotopic (exact) mass is 336 g/mol. The van der Waals surface area contributed by atoms with Crippen LogP contribution in [0, 0.1) is 25.2 Å². The Morgan fingerprint density at radius 3 is 2.74 bits per heavy atom. The Hall–Kier alpha value is -1.64. The van der Waals surface area contributed by atoms with Crippen molar-refractivity contribution in [2.24, 2.45) is 0 Å². The van der Waals surface area contributed by atoms with Crippen molar-refractivity contribution in [2.75, 3.05) is 5.32 Å². The molecule has 0 unspecified atom stereocenters. The van der Waals surface area contributed by atoms with Crippen LogP contribution in [0.1, 0.15) is 17.0 Å². The van der Waals surface area contributed by atoms with Gasteiger partial charge < -0.3 is 5.32 Å². The number of hydrogen-bond donors (Lipinski definition) is 1. The molecule has 0 saturated carbocycles. The summed E-state index contributed by atoms with van der Waals surface area (Å²) in [6.07, 6.45) is 0. The Bertz CT molecular complexity index is 679. The van der Waals surface area contributed by atoms with Crippen LogP contribution in [0.2, 0.25) is 5.15 Å². The van der Waals surface area contributed by atoms with Crippen LogP contribution in [0.3, 0.4) is 0 Å². The Morgan fingerprint density at radius 1 is 1.32 bits per heavy atom. The minimum Gasteiger partial charge on any atom is -0.339 e. The van der Waals surface area contributed by atoms with Gasteiger partial charge in [0.25, 0.3) is 0 Å². The maximum Gasteiger partial charge on any atom is 0.138 e. The fourth-order valence-corrected chi connectivity index (χ4v) is 2.13. The molecule has 2 aromatic rings. The van der Waals surface area contributed by atoms with E-state index in [0.717, 1.165) is 10.0 Å². The molecule has 96 valence electrons. The van der Waals surface area contributed by atoms with Gasteiger partial charge in [-0.25, -0.2) is 9.97 Å². The summed E-state index contributed by atoms with van der Waals surface area (Å²) < 4.78 is 0.850. The smallest absolute Gasteiger partial charge is 0.138 e. The molecule has 6 heteroatoms. The van der Waals surface area contributed by atoms with Gasteiger partial charge in [-0.3, -0.25) is 0 Å². The summed E-state index contributed by atoms with van der Waals surface area (Å²) >= 11 is 9.36. The second-order valence-electron chi connectivity index (χ2n) is 3.96. The molecule has 0 amide bonds. The van der Waals surface area contributed by atoms with Crippen molar-refractivity contribution in [1.29, 1.82) is 5.26 Å². The van der Waals surface area contributed by atoms with Crippen LogP contribution in [0.5, 0.6) is 0 Å². The van der Waals surface area contributed by atoms with Gasteiger partial charge in [0.05, 0.1) is 11.3 Å². The highest BCUT2D eigenvalue weighted by Gasteiger charge is 2.10. The number of benzene rings is 1. The lowest BCUT2D eigenvalue weighted by molar-refractivity contribution is 1.04. The predicted octanol–water partition coefficient (Wildman–Crippen LogP) is 4.12. The van der Waals surface area contributed by atoms with E-state index in [9.17, 15) is 0 Å². The molecule has 1 aromatic carbocycles. The number of nitriles is 1. The number of anilines is 2. The van der Waals surface area contributed by atoms with Gasteiger partial charge in [-0.1, -0.05) is 27.5 Å². The first-order chi connectivity index (χ1) is 9.01. The molecular formula is C13H10BrClN4. The molecule has 0 radical (unpaired) electrons. The van der Waals surface area contributed by atoms with E-state index in [2.05, 4.69) is 37.3 Å². The normalized spacial score (nSPS) is 10.1. The summed E-state index contributed by atoms with van der Waals surface area (Å²) in [5.74, 6) is 1.19. The lowest BCUT2D eigenvalue weighted by Crippen LogP contribution is -2.02. The first-order valence-corrected chi connectivity index (χ1v) is 6.65. The number of nitrogens with one attached hydrogen (secondary N) is 1. The first-order valence-electron chi connectivity index (χ1n) is 5.48.